The van der Waals surface area contributed by atoms with Crippen LogP contribution in [0.5, 0.6) is 11.5 Å². The number of nitriles is 1. The van der Waals surface area contributed by atoms with Crippen LogP contribution in [0, 0.1) is 11.3 Å². The Balaban J connectivity index is 1.73. The molecule has 0 radical (unpaired) electrons. The molecule has 0 bridgehead atoms. The molecule has 1 fully saturated rings. The molecule has 0 saturated heterocycles. The number of rotatable bonds is 7. The molecule has 1 heterocycles. The second kappa shape index (κ2) is 6.91. The highest BCUT2D eigenvalue weighted by atomic mass is 16.7. The summed E-state index contributed by atoms with van der Waals surface area (Å²) in [5, 5.41) is 15.1. The topological polar surface area (TPSA) is 83.4 Å². The smallest absolute Gasteiger partial charge is 0.231 e. The maximum absolute atomic E-state index is 13.1. The molecule has 6 nitrogen and oxygen atoms in total. The first-order chi connectivity index (χ1) is 12.4. The second-order valence-electron chi connectivity index (χ2n) is 7.27. The van der Waals surface area contributed by atoms with E-state index in [9.17, 15) is 4.79 Å². The molecule has 0 unspecified atom stereocenters. The van der Waals surface area contributed by atoms with E-state index in [0.717, 1.165) is 29.9 Å². The molecular weight excluding hydrogens is 330 g/mol. The molecule has 1 saturated carbocycles. The fourth-order valence-electron chi connectivity index (χ4n) is 3.37. The van der Waals surface area contributed by atoms with Crippen LogP contribution < -0.4 is 20.1 Å². The van der Waals surface area contributed by atoms with E-state index < -0.39 is 11.0 Å². The van der Waals surface area contributed by atoms with Gasteiger partial charge in [-0.2, -0.15) is 5.26 Å². The lowest BCUT2D eigenvalue weighted by atomic mass is 9.91. The Hall–Kier alpha value is -2.68. The number of nitrogens with zero attached hydrogens (tertiary/aromatic N) is 1. The van der Waals surface area contributed by atoms with E-state index in [0.29, 0.717) is 18.7 Å². The van der Waals surface area contributed by atoms with Crippen LogP contribution in [0.15, 0.2) is 30.0 Å². The van der Waals surface area contributed by atoms with Crippen LogP contribution in [0.4, 0.5) is 0 Å². The average molecular weight is 355 g/mol. The molecule has 6 heteroatoms. The number of ether oxygens (including phenoxy) is 2. The molecule has 3 rings (SSSR count). The summed E-state index contributed by atoms with van der Waals surface area (Å²) in [4.78, 5) is 13.1. The zero-order valence-corrected chi connectivity index (χ0v) is 15.5. The van der Waals surface area contributed by atoms with Crippen molar-refractivity contribution in [2.24, 2.45) is 0 Å². The third-order valence-corrected chi connectivity index (χ3v) is 5.05. The van der Waals surface area contributed by atoms with Gasteiger partial charge < -0.3 is 20.1 Å². The van der Waals surface area contributed by atoms with E-state index >= 15 is 0 Å². The quantitative estimate of drug-likeness (QED) is 0.735. The minimum atomic E-state index is -0.548. The highest BCUT2D eigenvalue weighted by Crippen LogP contribution is 2.50. The van der Waals surface area contributed by atoms with Gasteiger partial charge in [0.05, 0.1) is 23.4 Å². The van der Waals surface area contributed by atoms with Crippen LogP contribution in [0.3, 0.4) is 0 Å². The molecular formula is C20H25N3O3. The van der Waals surface area contributed by atoms with E-state index in [-0.39, 0.29) is 12.7 Å². The van der Waals surface area contributed by atoms with Crippen molar-refractivity contribution in [1.29, 1.82) is 5.26 Å². The van der Waals surface area contributed by atoms with E-state index in [1.807, 2.05) is 45.0 Å². The van der Waals surface area contributed by atoms with Crippen molar-refractivity contribution in [3.05, 3.63) is 35.5 Å². The predicted molar refractivity (Wildman–Crippen MR) is 97.7 cm³/mol. The van der Waals surface area contributed by atoms with Gasteiger partial charge in [-0.15, -0.1) is 0 Å². The summed E-state index contributed by atoms with van der Waals surface area (Å²) in [6.45, 7) is 6.64. The predicted octanol–water partition coefficient (Wildman–Crippen LogP) is 2.75. The van der Waals surface area contributed by atoms with E-state index in [4.69, 9.17) is 14.7 Å². The monoisotopic (exact) mass is 355 g/mol. The minimum absolute atomic E-state index is 0.0165. The Morgan fingerprint density at radius 2 is 2.08 bits per heavy atom. The van der Waals surface area contributed by atoms with Crippen LogP contribution in [0.25, 0.3) is 0 Å². The number of carbonyl (C=O) groups is 1. The van der Waals surface area contributed by atoms with Crippen molar-refractivity contribution < 1.29 is 14.3 Å². The summed E-state index contributed by atoms with van der Waals surface area (Å²) in [5.41, 5.74) is 0.828. The molecule has 1 aromatic rings. The van der Waals surface area contributed by atoms with Gasteiger partial charge in [-0.05, 0) is 51.3 Å². The van der Waals surface area contributed by atoms with E-state index in [1.54, 1.807) is 0 Å². The SMILES string of the molecule is C/C=C(/NCCC#N)C(C)(C)NC(=O)C1(c2ccc3c(c2)OCO3)CC1. The van der Waals surface area contributed by atoms with Gasteiger partial charge >= 0.3 is 0 Å². The third-order valence-electron chi connectivity index (χ3n) is 5.05. The van der Waals surface area contributed by atoms with Crippen LogP contribution in [-0.2, 0) is 10.2 Å². The molecule has 2 aliphatic rings. The highest BCUT2D eigenvalue weighted by Gasteiger charge is 2.52. The molecule has 1 amide bonds. The zero-order chi connectivity index (χ0) is 18.8. The Morgan fingerprint density at radius 1 is 1.35 bits per heavy atom. The van der Waals surface area contributed by atoms with Crippen molar-refractivity contribution in [1.82, 2.24) is 10.6 Å². The van der Waals surface area contributed by atoms with Crippen LogP contribution >= 0.6 is 0 Å². The van der Waals surface area contributed by atoms with Crippen molar-refractivity contribution in [3.8, 4) is 17.6 Å². The Labute approximate surface area is 154 Å². The van der Waals surface area contributed by atoms with Gasteiger partial charge in [0.2, 0.25) is 12.7 Å². The molecule has 26 heavy (non-hydrogen) atoms. The van der Waals surface area contributed by atoms with Crippen molar-refractivity contribution in [2.45, 2.75) is 51.0 Å². The largest absolute Gasteiger partial charge is 0.454 e. The van der Waals surface area contributed by atoms with Crippen molar-refractivity contribution in [3.63, 3.8) is 0 Å². The summed E-state index contributed by atoms with van der Waals surface area (Å²) in [6, 6.07) is 7.86. The molecule has 1 aromatic carbocycles. The number of allylic oxidation sites excluding steroid dienone is 1. The lowest BCUT2D eigenvalue weighted by Crippen LogP contribution is -2.51. The first-order valence-corrected chi connectivity index (χ1v) is 8.93. The van der Waals surface area contributed by atoms with Crippen molar-refractivity contribution >= 4 is 5.91 Å². The highest BCUT2D eigenvalue weighted by molar-refractivity contribution is 5.92. The minimum Gasteiger partial charge on any atom is -0.454 e. The van der Waals surface area contributed by atoms with Gasteiger partial charge in [0.15, 0.2) is 11.5 Å². The number of hydrogen-bond donors (Lipinski definition) is 2. The number of amides is 1. The zero-order valence-electron chi connectivity index (χ0n) is 15.5. The normalized spacial score (nSPS) is 17.4. The van der Waals surface area contributed by atoms with E-state index in [1.165, 1.54) is 0 Å². The van der Waals surface area contributed by atoms with Gasteiger partial charge in [-0.3, -0.25) is 4.79 Å². The number of fused-ring (bicyclic) bond motifs is 1. The standard InChI is InChI=1S/C20H25N3O3/c1-4-17(22-11-5-10-21)19(2,3)23-18(24)20(8-9-20)14-6-7-15-16(12-14)26-13-25-15/h4,6-7,12,22H,5,8-9,11,13H2,1-3H3,(H,23,24)/b17-4+. The second-order valence-corrected chi connectivity index (χ2v) is 7.27. The van der Waals surface area contributed by atoms with Crippen molar-refractivity contribution in [2.75, 3.05) is 13.3 Å². The van der Waals surface area contributed by atoms with E-state index in [2.05, 4.69) is 16.7 Å². The van der Waals surface area contributed by atoms with Crippen LogP contribution in [0.2, 0.25) is 0 Å². The number of hydrogen-bond acceptors (Lipinski definition) is 5. The number of nitrogens with one attached hydrogen (secondary N) is 2. The molecule has 1 aliphatic heterocycles. The number of benzene rings is 1. The van der Waals surface area contributed by atoms with Gasteiger partial charge in [0.1, 0.15) is 0 Å². The molecule has 2 N–H and O–H groups in total. The molecule has 0 atom stereocenters. The van der Waals surface area contributed by atoms with Crippen LogP contribution in [-0.4, -0.2) is 24.8 Å². The number of carbonyl (C=O) groups excluding carboxylic acids is 1. The summed E-state index contributed by atoms with van der Waals surface area (Å²) in [5.74, 6) is 1.44. The molecule has 1 aliphatic carbocycles. The first-order valence-electron chi connectivity index (χ1n) is 8.93. The Bertz CT molecular complexity index is 773. The summed E-state index contributed by atoms with van der Waals surface area (Å²) in [7, 11) is 0. The fourth-order valence-corrected chi connectivity index (χ4v) is 3.37. The molecule has 138 valence electrons. The lowest BCUT2D eigenvalue weighted by Gasteiger charge is -2.32. The molecule has 0 spiro atoms. The summed E-state index contributed by atoms with van der Waals surface area (Å²) >= 11 is 0. The van der Waals surface area contributed by atoms with Gasteiger partial charge in [-0.25, -0.2) is 0 Å². The lowest BCUT2D eigenvalue weighted by molar-refractivity contribution is -0.124. The summed E-state index contributed by atoms with van der Waals surface area (Å²) in [6.07, 6.45) is 4.00. The molecule has 0 aromatic heterocycles. The fraction of sp³-hybridized carbons (Fsp3) is 0.500. The maximum atomic E-state index is 13.1. The van der Waals surface area contributed by atoms with Gasteiger partial charge in [0.25, 0.3) is 0 Å². The Morgan fingerprint density at radius 3 is 2.73 bits per heavy atom. The first kappa shape index (κ1) is 18.1. The van der Waals surface area contributed by atoms with Gasteiger partial charge in [-0.1, -0.05) is 12.1 Å². The van der Waals surface area contributed by atoms with Gasteiger partial charge in [0, 0.05) is 12.2 Å². The maximum Gasteiger partial charge on any atom is 0.231 e. The third kappa shape index (κ3) is 3.34. The summed E-state index contributed by atoms with van der Waals surface area (Å²) < 4.78 is 10.8. The van der Waals surface area contributed by atoms with Crippen LogP contribution in [0.1, 0.15) is 45.6 Å². The Kier molecular flexibility index (Phi) is 4.82. The average Bonchev–Trinajstić information content (AvgIpc) is 3.29.